The minimum Gasteiger partial charge on any atom is -0.374 e. The zero-order chi connectivity index (χ0) is 15.0. The van der Waals surface area contributed by atoms with Crippen LogP contribution in [0, 0.1) is 5.92 Å². The smallest absolute Gasteiger partial charge is 0.261 e. The van der Waals surface area contributed by atoms with Gasteiger partial charge in [-0.3, -0.25) is 9.36 Å². The van der Waals surface area contributed by atoms with Crippen molar-refractivity contribution >= 4 is 34.3 Å². The van der Waals surface area contributed by atoms with Gasteiger partial charge in [0.05, 0.1) is 29.1 Å². The lowest BCUT2D eigenvalue weighted by Gasteiger charge is -2.16. The minimum absolute atomic E-state index is 0.0665. The van der Waals surface area contributed by atoms with Crippen LogP contribution in [-0.4, -0.2) is 14.9 Å². The number of benzene rings is 1. The molecule has 0 fully saturated rings. The first-order chi connectivity index (χ1) is 10.0. The molecule has 0 saturated carbocycles. The second kappa shape index (κ2) is 5.73. The molecule has 2 heterocycles. The number of nitrogens with zero attached hydrogens (tertiary/aromatic N) is 2. The highest BCUT2D eigenvalue weighted by Crippen LogP contribution is 2.26. The van der Waals surface area contributed by atoms with E-state index in [9.17, 15) is 4.79 Å². The first-order valence-corrected chi connectivity index (χ1v) is 8.12. The Morgan fingerprint density at radius 1 is 1.48 bits per heavy atom. The first-order valence-electron chi connectivity index (χ1n) is 6.80. The molecule has 1 aliphatic rings. The highest BCUT2D eigenvalue weighted by molar-refractivity contribution is 8.02. The van der Waals surface area contributed by atoms with Gasteiger partial charge in [0.2, 0.25) is 0 Å². The van der Waals surface area contributed by atoms with Gasteiger partial charge in [0, 0.05) is 10.7 Å². The maximum Gasteiger partial charge on any atom is 0.261 e. The fourth-order valence-corrected chi connectivity index (χ4v) is 3.40. The summed E-state index contributed by atoms with van der Waals surface area (Å²) in [4.78, 5) is 16.8. The molecule has 0 aliphatic carbocycles. The molecule has 21 heavy (non-hydrogen) atoms. The van der Waals surface area contributed by atoms with Gasteiger partial charge in [-0.05, 0) is 29.5 Å². The van der Waals surface area contributed by atoms with Crippen molar-refractivity contribution in [2.45, 2.75) is 25.8 Å². The number of halogens is 1. The summed E-state index contributed by atoms with van der Waals surface area (Å²) in [5.41, 5.74) is 1.65. The Morgan fingerprint density at radius 2 is 2.29 bits per heavy atom. The molecular formula is C15H16ClN3OS. The zero-order valence-electron chi connectivity index (χ0n) is 11.8. The van der Waals surface area contributed by atoms with Crippen LogP contribution in [0.4, 0.5) is 0 Å². The fraction of sp³-hybridized carbons (Fsp3) is 0.333. The maximum atomic E-state index is 12.5. The molecule has 0 spiro atoms. The summed E-state index contributed by atoms with van der Waals surface area (Å²) in [6, 6.07) is 5.18. The average molecular weight is 322 g/mol. The highest BCUT2D eigenvalue weighted by Gasteiger charge is 2.20. The number of hydrogen-bond acceptors (Lipinski definition) is 4. The Labute approximate surface area is 132 Å². The van der Waals surface area contributed by atoms with Crippen LogP contribution in [0.1, 0.15) is 13.8 Å². The van der Waals surface area contributed by atoms with E-state index in [0.717, 1.165) is 5.70 Å². The monoisotopic (exact) mass is 321 g/mol. The second-order valence-electron chi connectivity index (χ2n) is 5.43. The lowest BCUT2D eigenvalue weighted by molar-refractivity contribution is 0.543. The predicted molar refractivity (Wildman–Crippen MR) is 88.4 cm³/mol. The molecule has 2 aromatic rings. The van der Waals surface area contributed by atoms with Crippen LogP contribution >= 0.6 is 23.4 Å². The van der Waals surface area contributed by atoms with Gasteiger partial charge in [0.1, 0.15) is 0 Å². The average Bonchev–Trinajstić information content (AvgIpc) is 2.91. The molecule has 0 amide bonds. The molecule has 1 unspecified atom stereocenters. The molecule has 1 aliphatic heterocycles. The summed E-state index contributed by atoms with van der Waals surface area (Å²) in [5.74, 6) is 0.536. The standard InChI is InChI=1S/C15H16ClN3OS/c1-9(2)14-18-11(7-21-14)6-19-8-17-13-4-3-10(16)5-12(13)15(19)20/h3-5,7-9,14,18H,6H2,1-2H3. The molecule has 110 valence electrons. The van der Waals surface area contributed by atoms with Crippen molar-refractivity contribution in [2.75, 3.05) is 0 Å². The highest BCUT2D eigenvalue weighted by atomic mass is 35.5. The molecule has 4 nitrogen and oxygen atoms in total. The molecule has 1 aromatic heterocycles. The van der Waals surface area contributed by atoms with Crippen LogP contribution in [0.3, 0.4) is 0 Å². The number of thioether (sulfide) groups is 1. The zero-order valence-corrected chi connectivity index (χ0v) is 13.4. The third kappa shape index (κ3) is 2.94. The topological polar surface area (TPSA) is 46.9 Å². The number of allylic oxidation sites excluding steroid dienone is 1. The summed E-state index contributed by atoms with van der Waals surface area (Å²) in [7, 11) is 0. The molecule has 1 atom stereocenters. The van der Waals surface area contributed by atoms with Crippen LogP contribution in [0.5, 0.6) is 0 Å². The lowest BCUT2D eigenvalue weighted by Crippen LogP contribution is -2.30. The minimum atomic E-state index is -0.0665. The summed E-state index contributed by atoms with van der Waals surface area (Å²) >= 11 is 7.72. The third-order valence-corrected chi connectivity index (χ3v) is 5.03. The van der Waals surface area contributed by atoms with Gasteiger partial charge in [-0.15, -0.1) is 11.8 Å². The van der Waals surface area contributed by atoms with E-state index in [-0.39, 0.29) is 5.56 Å². The van der Waals surface area contributed by atoms with E-state index in [1.165, 1.54) is 0 Å². The molecule has 6 heteroatoms. The Balaban J connectivity index is 1.89. The van der Waals surface area contributed by atoms with Gasteiger partial charge in [0.25, 0.3) is 5.56 Å². The van der Waals surface area contributed by atoms with Crippen LogP contribution in [-0.2, 0) is 6.54 Å². The van der Waals surface area contributed by atoms with E-state index in [4.69, 9.17) is 11.6 Å². The third-order valence-electron chi connectivity index (χ3n) is 3.42. The SMILES string of the molecule is CC(C)C1NC(Cn2cnc3ccc(Cl)cc3c2=O)=CS1. The summed E-state index contributed by atoms with van der Waals surface area (Å²) in [5, 5.41) is 6.99. The van der Waals surface area contributed by atoms with Gasteiger partial charge in [0.15, 0.2) is 0 Å². The van der Waals surface area contributed by atoms with Crippen molar-refractivity contribution in [3.63, 3.8) is 0 Å². The van der Waals surface area contributed by atoms with Gasteiger partial charge < -0.3 is 5.32 Å². The normalized spacial score (nSPS) is 18.1. The molecule has 1 N–H and O–H groups in total. The summed E-state index contributed by atoms with van der Waals surface area (Å²) in [6.07, 6.45) is 1.59. The lowest BCUT2D eigenvalue weighted by atomic mass is 10.2. The van der Waals surface area contributed by atoms with E-state index >= 15 is 0 Å². The van der Waals surface area contributed by atoms with Crippen LogP contribution in [0.15, 0.2) is 40.4 Å². The molecule has 0 radical (unpaired) electrons. The number of nitrogens with one attached hydrogen (secondary N) is 1. The van der Waals surface area contributed by atoms with E-state index in [1.807, 2.05) is 0 Å². The van der Waals surface area contributed by atoms with Crippen LogP contribution in [0.2, 0.25) is 5.02 Å². The van der Waals surface area contributed by atoms with Gasteiger partial charge >= 0.3 is 0 Å². The van der Waals surface area contributed by atoms with Crippen molar-refractivity contribution in [3.05, 3.63) is 51.0 Å². The Hall–Kier alpha value is -1.46. The molecular weight excluding hydrogens is 306 g/mol. The van der Waals surface area contributed by atoms with Gasteiger partial charge in [-0.2, -0.15) is 0 Å². The van der Waals surface area contributed by atoms with Crippen molar-refractivity contribution in [1.29, 1.82) is 0 Å². The first kappa shape index (κ1) is 14.5. The molecule has 0 saturated heterocycles. The molecule has 1 aromatic carbocycles. The number of fused-ring (bicyclic) bond motifs is 1. The van der Waals surface area contributed by atoms with Crippen LogP contribution < -0.4 is 10.9 Å². The largest absolute Gasteiger partial charge is 0.374 e. The fourth-order valence-electron chi connectivity index (χ4n) is 2.24. The van der Waals surface area contributed by atoms with E-state index in [1.54, 1.807) is 40.9 Å². The van der Waals surface area contributed by atoms with Crippen molar-refractivity contribution in [3.8, 4) is 0 Å². The number of rotatable bonds is 3. The van der Waals surface area contributed by atoms with Gasteiger partial charge in [-0.1, -0.05) is 25.4 Å². The van der Waals surface area contributed by atoms with Crippen molar-refractivity contribution in [1.82, 2.24) is 14.9 Å². The maximum absolute atomic E-state index is 12.5. The quantitative estimate of drug-likeness (QED) is 0.943. The summed E-state index contributed by atoms with van der Waals surface area (Å²) < 4.78 is 1.61. The molecule has 3 rings (SSSR count). The van der Waals surface area contributed by atoms with Gasteiger partial charge in [-0.25, -0.2) is 4.98 Å². The number of hydrogen-bond donors (Lipinski definition) is 1. The predicted octanol–water partition coefficient (Wildman–Crippen LogP) is 3.21. The van der Waals surface area contributed by atoms with E-state index < -0.39 is 0 Å². The molecule has 0 bridgehead atoms. The Kier molecular flexibility index (Phi) is 3.95. The van der Waals surface area contributed by atoms with E-state index in [2.05, 4.69) is 29.6 Å². The van der Waals surface area contributed by atoms with Crippen molar-refractivity contribution in [2.24, 2.45) is 5.92 Å². The number of aromatic nitrogens is 2. The van der Waals surface area contributed by atoms with E-state index in [0.29, 0.717) is 33.8 Å². The van der Waals surface area contributed by atoms with Crippen LogP contribution in [0.25, 0.3) is 10.9 Å². The van der Waals surface area contributed by atoms with Crippen molar-refractivity contribution < 1.29 is 0 Å². The Morgan fingerprint density at radius 3 is 3.00 bits per heavy atom. The second-order valence-corrected chi connectivity index (χ2v) is 6.88. The summed E-state index contributed by atoms with van der Waals surface area (Å²) in [6.45, 7) is 4.85. The Bertz CT molecular complexity index is 769.